The van der Waals surface area contributed by atoms with E-state index in [2.05, 4.69) is 10.6 Å². The van der Waals surface area contributed by atoms with Crippen LogP contribution in [0, 0.1) is 0 Å². The second-order valence-corrected chi connectivity index (χ2v) is 8.88. The topological polar surface area (TPSA) is 128 Å². The molecule has 0 spiro atoms. The van der Waals surface area contributed by atoms with E-state index in [0.717, 1.165) is 30.3 Å². The summed E-state index contributed by atoms with van der Waals surface area (Å²) >= 11 is 0. The van der Waals surface area contributed by atoms with Gasteiger partial charge in [-0.05, 0) is 55.3 Å². The fourth-order valence-corrected chi connectivity index (χ4v) is 4.55. The van der Waals surface area contributed by atoms with Gasteiger partial charge in [-0.2, -0.15) is 0 Å². The standard InChI is InChI=1S/C26H26N4O6/c31-23(27-14-19-7-3-11-35-19)16-29-22-13-17(24(32)28-18-5-1-2-6-18)9-10-21(22)25(33)30(26(29)34)15-20-8-4-12-36-20/h3-4,7-13,18H,1-2,5-6,14-16H2,(H,27,31)(H,28,32). The van der Waals surface area contributed by atoms with E-state index in [-0.39, 0.29) is 42.5 Å². The van der Waals surface area contributed by atoms with Crippen molar-refractivity contribution in [3.63, 3.8) is 0 Å². The van der Waals surface area contributed by atoms with Gasteiger partial charge in [0.2, 0.25) is 5.91 Å². The Kier molecular flexibility index (Phi) is 6.57. The number of hydrogen-bond donors (Lipinski definition) is 2. The van der Waals surface area contributed by atoms with Crippen LogP contribution < -0.4 is 21.9 Å². The van der Waals surface area contributed by atoms with Crippen molar-refractivity contribution in [2.75, 3.05) is 0 Å². The lowest BCUT2D eigenvalue weighted by Gasteiger charge is -2.16. The van der Waals surface area contributed by atoms with Gasteiger partial charge in [0.25, 0.3) is 11.5 Å². The molecule has 0 aliphatic heterocycles. The molecule has 2 amide bonds. The first kappa shape index (κ1) is 23.4. The number of amides is 2. The van der Waals surface area contributed by atoms with Crippen LogP contribution in [0.4, 0.5) is 0 Å². The van der Waals surface area contributed by atoms with Crippen LogP contribution in [0.1, 0.15) is 47.6 Å². The van der Waals surface area contributed by atoms with Gasteiger partial charge < -0.3 is 19.5 Å². The zero-order chi connectivity index (χ0) is 25.1. The molecule has 0 radical (unpaired) electrons. The zero-order valence-electron chi connectivity index (χ0n) is 19.6. The Morgan fingerprint density at radius 1 is 0.944 bits per heavy atom. The Balaban J connectivity index is 1.52. The quantitative estimate of drug-likeness (QED) is 0.390. The fourth-order valence-electron chi connectivity index (χ4n) is 4.55. The molecule has 10 heteroatoms. The maximum absolute atomic E-state index is 13.4. The number of benzene rings is 1. The monoisotopic (exact) mass is 490 g/mol. The molecule has 1 fully saturated rings. The molecule has 3 heterocycles. The van der Waals surface area contributed by atoms with Crippen molar-refractivity contribution in [1.29, 1.82) is 0 Å². The first-order valence-electron chi connectivity index (χ1n) is 11.9. The summed E-state index contributed by atoms with van der Waals surface area (Å²) in [4.78, 5) is 52.3. The van der Waals surface area contributed by atoms with Crippen molar-refractivity contribution in [3.05, 3.63) is 92.9 Å². The van der Waals surface area contributed by atoms with Crippen LogP contribution in [0.2, 0.25) is 0 Å². The van der Waals surface area contributed by atoms with Crippen molar-refractivity contribution >= 4 is 22.7 Å². The van der Waals surface area contributed by atoms with Crippen LogP contribution in [0.3, 0.4) is 0 Å². The Morgan fingerprint density at radius 2 is 1.67 bits per heavy atom. The van der Waals surface area contributed by atoms with Gasteiger partial charge in [0, 0.05) is 11.6 Å². The molecule has 1 aliphatic rings. The molecule has 1 saturated carbocycles. The number of hydrogen-bond acceptors (Lipinski definition) is 6. The largest absolute Gasteiger partial charge is 0.467 e. The number of rotatable bonds is 8. The normalized spacial score (nSPS) is 13.8. The minimum Gasteiger partial charge on any atom is -0.467 e. The highest BCUT2D eigenvalue weighted by Gasteiger charge is 2.21. The van der Waals surface area contributed by atoms with Crippen LogP contribution >= 0.6 is 0 Å². The van der Waals surface area contributed by atoms with Crippen LogP contribution in [0.15, 0.2) is 73.4 Å². The molecule has 186 valence electrons. The number of fused-ring (bicyclic) bond motifs is 1. The molecular formula is C26H26N4O6. The zero-order valence-corrected chi connectivity index (χ0v) is 19.6. The third kappa shape index (κ3) is 4.88. The SMILES string of the molecule is O=C(Cn1c(=O)n(Cc2ccco2)c(=O)c2ccc(C(=O)NC3CCCC3)cc21)NCc1ccco1. The van der Waals surface area contributed by atoms with E-state index in [0.29, 0.717) is 17.1 Å². The lowest BCUT2D eigenvalue weighted by molar-refractivity contribution is -0.121. The molecule has 3 aromatic heterocycles. The Morgan fingerprint density at radius 3 is 2.36 bits per heavy atom. The lowest BCUT2D eigenvalue weighted by Crippen LogP contribution is -2.43. The molecule has 0 atom stereocenters. The average molecular weight is 491 g/mol. The van der Waals surface area contributed by atoms with Gasteiger partial charge in [-0.3, -0.25) is 23.5 Å². The Hall–Kier alpha value is -4.34. The summed E-state index contributed by atoms with van der Waals surface area (Å²) in [7, 11) is 0. The third-order valence-corrected chi connectivity index (χ3v) is 6.41. The van der Waals surface area contributed by atoms with Gasteiger partial charge in [0.15, 0.2) is 0 Å². The average Bonchev–Trinajstić information content (AvgIpc) is 3.67. The van der Waals surface area contributed by atoms with Crippen LogP contribution in [-0.4, -0.2) is 27.0 Å². The summed E-state index contributed by atoms with van der Waals surface area (Å²) in [6.45, 7) is -0.277. The molecule has 1 aromatic carbocycles. The predicted octanol–water partition coefficient (Wildman–Crippen LogP) is 2.39. The molecular weight excluding hydrogens is 464 g/mol. The smallest absolute Gasteiger partial charge is 0.332 e. The van der Waals surface area contributed by atoms with Gasteiger partial charge in [-0.1, -0.05) is 12.8 Å². The van der Waals surface area contributed by atoms with Crippen molar-refractivity contribution in [3.8, 4) is 0 Å². The minimum absolute atomic E-state index is 0.0848. The number of carbonyl (C=O) groups excluding carboxylic acids is 2. The summed E-state index contributed by atoms with van der Waals surface area (Å²) in [6, 6.07) is 11.5. The van der Waals surface area contributed by atoms with Gasteiger partial charge in [-0.25, -0.2) is 4.79 Å². The molecule has 0 unspecified atom stereocenters. The van der Waals surface area contributed by atoms with Crippen LogP contribution in [0.5, 0.6) is 0 Å². The van der Waals surface area contributed by atoms with E-state index in [1.807, 2.05) is 0 Å². The van der Waals surface area contributed by atoms with E-state index in [1.165, 1.54) is 29.2 Å². The molecule has 0 bridgehead atoms. The van der Waals surface area contributed by atoms with Crippen LogP contribution in [-0.2, 0) is 24.4 Å². The van der Waals surface area contributed by atoms with Crippen molar-refractivity contribution < 1.29 is 18.4 Å². The molecule has 10 nitrogen and oxygen atoms in total. The second kappa shape index (κ2) is 10.1. The predicted molar refractivity (Wildman–Crippen MR) is 131 cm³/mol. The van der Waals surface area contributed by atoms with Crippen molar-refractivity contribution in [2.45, 2.75) is 51.4 Å². The van der Waals surface area contributed by atoms with Crippen LogP contribution in [0.25, 0.3) is 10.9 Å². The van der Waals surface area contributed by atoms with E-state index in [1.54, 1.807) is 30.3 Å². The maximum Gasteiger partial charge on any atom is 0.332 e. The van der Waals surface area contributed by atoms with Gasteiger partial charge in [-0.15, -0.1) is 0 Å². The number of carbonyl (C=O) groups is 2. The first-order valence-corrected chi connectivity index (χ1v) is 11.9. The van der Waals surface area contributed by atoms with E-state index >= 15 is 0 Å². The van der Waals surface area contributed by atoms with E-state index in [9.17, 15) is 19.2 Å². The fraction of sp³-hybridized carbons (Fsp3) is 0.308. The van der Waals surface area contributed by atoms with Crippen molar-refractivity contribution in [1.82, 2.24) is 19.8 Å². The van der Waals surface area contributed by atoms with Gasteiger partial charge >= 0.3 is 5.69 Å². The molecule has 2 N–H and O–H groups in total. The number of furan rings is 2. The van der Waals surface area contributed by atoms with Gasteiger partial charge in [0.1, 0.15) is 18.1 Å². The maximum atomic E-state index is 13.4. The number of aromatic nitrogens is 2. The molecule has 4 aromatic rings. The number of nitrogens with one attached hydrogen (secondary N) is 2. The summed E-state index contributed by atoms with van der Waals surface area (Å²) < 4.78 is 12.8. The minimum atomic E-state index is -0.676. The van der Waals surface area contributed by atoms with E-state index in [4.69, 9.17) is 8.83 Å². The Labute approximate surface area is 205 Å². The second-order valence-electron chi connectivity index (χ2n) is 8.88. The molecule has 5 rings (SSSR count). The summed E-state index contributed by atoms with van der Waals surface area (Å²) in [5, 5.41) is 5.95. The Bertz CT molecular complexity index is 1490. The summed E-state index contributed by atoms with van der Waals surface area (Å²) in [5.74, 6) is 0.271. The molecule has 36 heavy (non-hydrogen) atoms. The van der Waals surface area contributed by atoms with Crippen molar-refractivity contribution in [2.24, 2.45) is 0 Å². The molecule has 0 saturated heterocycles. The van der Waals surface area contributed by atoms with Gasteiger partial charge in [0.05, 0.1) is 36.5 Å². The van der Waals surface area contributed by atoms with E-state index < -0.39 is 17.2 Å². The lowest BCUT2D eigenvalue weighted by atomic mass is 10.1. The number of nitrogens with zero attached hydrogens (tertiary/aromatic N) is 2. The highest BCUT2D eigenvalue weighted by Crippen LogP contribution is 2.19. The summed E-state index contributed by atoms with van der Waals surface area (Å²) in [5.41, 5.74) is -0.665. The summed E-state index contributed by atoms with van der Waals surface area (Å²) in [6.07, 6.45) is 6.96. The highest BCUT2D eigenvalue weighted by atomic mass is 16.3. The first-order chi connectivity index (χ1) is 17.5. The highest BCUT2D eigenvalue weighted by molar-refractivity contribution is 5.98. The third-order valence-electron chi connectivity index (χ3n) is 6.41. The molecule has 1 aliphatic carbocycles.